The van der Waals surface area contributed by atoms with Gasteiger partial charge in [0.1, 0.15) is 28.3 Å². The monoisotopic (exact) mass is 321 g/mol. The third-order valence-electron chi connectivity index (χ3n) is 3.93. The molecular formula is C19H15NO4. The second-order valence-corrected chi connectivity index (χ2v) is 5.26. The van der Waals surface area contributed by atoms with Gasteiger partial charge in [-0.25, -0.2) is 0 Å². The van der Waals surface area contributed by atoms with Gasteiger partial charge in [0.15, 0.2) is 5.76 Å². The number of fused-ring (bicyclic) bond motifs is 1. The summed E-state index contributed by atoms with van der Waals surface area (Å²) in [4.78, 5) is 0. The van der Waals surface area contributed by atoms with Crippen LogP contribution in [0.4, 0.5) is 0 Å². The van der Waals surface area contributed by atoms with Crippen molar-refractivity contribution in [1.82, 2.24) is 5.16 Å². The summed E-state index contributed by atoms with van der Waals surface area (Å²) in [6.07, 6.45) is 1.62. The number of aromatic nitrogens is 1. The number of methoxy groups -OCH3 is 2. The summed E-state index contributed by atoms with van der Waals surface area (Å²) in [5.41, 5.74) is 3.13. The van der Waals surface area contributed by atoms with Gasteiger partial charge in [0.05, 0.1) is 25.9 Å². The molecule has 4 aromatic rings. The molecule has 2 aromatic carbocycles. The molecule has 0 N–H and O–H groups in total. The van der Waals surface area contributed by atoms with Gasteiger partial charge in [-0.05, 0) is 6.07 Å². The Morgan fingerprint density at radius 1 is 0.958 bits per heavy atom. The van der Waals surface area contributed by atoms with Crippen LogP contribution in [-0.2, 0) is 0 Å². The first-order valence-electron chi connectivity index (χ1n) is 7.46. The van der Waals surface area contributed by atoms with Crippen molar-refractivity contribution in [3.8, 4) is 34.1 Å². The second kappa shape index (κ2) is 5.77. The Morgan fingerprint density at radius 3 is 2.54 bits per heavy atom. The SMILES string of the molecule is COc1cc2occc2c(OC)c1-c1cc(-c2ccccc2)no1. The molecule has 2 aromatic heterocycles. The van der Waals surface area contributed by atoms with Crippen molar-refractivity contribution >= 4 is 11.0 Å². The van der Waals surface area contributed by atoms with Crippen LogP contribution >= 0.6 is 0 Å². The molecule has 0 atom stereocenters. The minimum absolute atomic E-state index is 0.575. The van der Waals surface area contributed by atoms with Crippen molar-refractivity contribution in [3.63, 3.8) is 0 Å². The number of benzene rings is 2. The molecule has 4 rings (SSSR count). The molecule has 0 fully saturated rings. The van der Waals surface area contributed by atoms with E-state index in [0.717, 1.165) is 16.6 Å². The molecule has 0 saturated heterocycles. The van der Waals surface area contributed by atoms with E-state index in [0.29, 0.717) is 28.4 Å². The first kappa shape index (κ1) is 14.4. The summed E-state index contributed by atoms with van der Waals surface area (Å²) in [5, 5.41) is 5.02. The molecule has 0 amide bonds. The van der Waals surface area contributed by atoms with E-state index in [4.69, 9.17) is 18.4 Å². The molecule has 0 unspecified atom stereocenters. The Hall–Kier alpha value is -3.21. The van der Waals surface area contributed by atoms with Crippen LogP contribution in [0.2, 0.25) is 0 Å². The van der Waals surface area contributed by atoms with Gasteiger partial charge in [-0.15, -0.1) is 0 Å². The lowest BCUT2D eigenvalue weighted by atomic mass is 10.1. The van der Waals surface area contributed by atoms with E-state index in [9.17, 15) is 0 Å². The van der Waals surface area contributed by atoms with Gasteiger partial charge in [0.25, 0.3) is 0 Å². The number of hydrogen-bond acceptors (Lipinski definition) is 5. The van der Waals surface area contributed by atoms with E-state index in [1.165, 1.54) is 0 Å². The number of ether oxygens (including phenoxy) is 2. The number of nitrogens with zero attached hydrogens (tertiary/aromatic N) is 1. The molecule has 0 aliphatic carbocycles. The molecule has 2 heterocycles. The first-order valence-corrected chi connectivity index (χ1v) is 7.46. The maximum absolute atomic E-state index is 5.60. The van der Waals surface area contributed by atoms with E-state index in [-0.39, 0.29) is 0 Å². The van der Waals surface area contributed by atoms with E-state index in [1.807, 2.05) is 48.5 Å². The summed E-state index contributed by atoms with van der Waals surface area (Å²) < 4.78 is 22.1. The van der Waals surface area contributed by atoms with Crippen molar-refractivity contribution < 1.29 is 18.4 Å². The zero-order chi connectivity index (χ0) is 16.5. The standard InChI is InChI=1S/C19H15NO4/c1-21-16-11-15-13(8-9-23-15)19(22-2)18(16)17-10-14(20-24-17)12-6-4-3-5-7-12/h3-11H,1-2H3. The van der Waals surface area contributed by atoms with E-state index >= 15 is 0 Å². The Labute approximate surface area is 138 Å². The Morgan fingerprint density at radius 2 is 1.79 bits per heavy atom. The third kappa shape index (κ3) is 2.22. The summed E-state index contributed by atoms with van der Waals surface area (Å²) in [5.74, 6) is 1.81. The maximum atomic E-state index is 5.60. The van der Waals surface area contributed by atoms with E-state index < -0.39 is 0 Å². The highest BCUT2D eigenvalue weighted by Gasteiger charge is 2.22. The molecule has 0 bridgehead atoms. The fourth-order valence-corrected chi connectivity index (χ4v) is 2.80. The fourth-order valence-electron chi connectivity index (χ4n) is 2.80. The number of furan rings is 1. The minimum Gasteiger partial charge on any atom is -0.496 e. The summed E-state index contributed by atoms with van der Waals surface area (Å²) in [6, 6.07) is 15.4. The Balaban J connectivity index is 1.91. The largest absolute Gasteiger partial charge is 0.496 e. The van der Waals surface area contributed by atoms with Crippen molar-refractivity contribution in [2.75, 3.05) is 14.2 Å². The summed E-state index contributed by atoms with van der Waals surface area (Å²) in [7, 11) is 3.21. The van der Waals surface area contributed by atoms with Crippen LogP contribution in [-0.4, -0.2) is 19.4 Å². The molecule has 120 valence electrons. The highest BCUT2D eigenvalue weighted by Crippen LogP contribution is 2.44. The number of rotatable bonds is 4. The molecule has 0 spiro atoms. The van der Waals surface area contributed by atoms with Crippen LogP contribution in [0, 0.1) is 0 Å². The van der Waals surface area contributed by atoms with Crippen LogP contribution < -0.4 is 9.47 Å². The zero-order valence-electron chi connectivity index (χ0n) is 13.3. The molecule has 0 radical (unpaired) electrons. The third-order valence-corrected chi connectivity index (χ3v) is 3.93. The van der Waals surface area contributed by atoms with Crippen LogP contribution in [0.15, 0.2) is 63.7 Å². The zero-order valence-corrected chi connectivity index (χ0v) is 13.3. The minimum atomic E-state index is 0.575. The molecular weight excluding hydrogens is 306 g/mol. The van der Waals surface area contributed by atoms with Crippen LogP contribution in [0.1, 0.15) is 0 Å². The van der Waals surface area contributed by atoms with Crippen molar-refractivity contribution in [1.29, 1.82) is 0 Å². The molecule has 24 heavy (non-hydrogen) atoms. The lowest BCUT2D eigenvalue weighted by Crippen LogP contribution is -1.93. The summed E-state index contributed by atoms with van der Waals surface area (Å²) >= 11 is 0. The van der Waals surface area contributed by atoms with E-state index in [1.54, 1.807) is 20.5 Å². The van der Waals surface area contributed by atoms with Crippen LogP contribution in [0.3, 0.4) is 0 Å². The highest BCUT2D eigenvalue weighted by atomic mass is 16.5. The molecule has 0 aliphatic rings. The topological polar surface area (TPSA) is 57.6 Å². The van der Waals surface area contributed by atoms with Crippen molar-refractivity contribution in [2.24, 2.45) is 0 Å². The quantitative estimate of drug-likeness (QED) is 0.542. The fraction of sp³-hybridized carbons (Fsp3) is 0.105. The predicted octanol–water partition coefficient (Wildman–Crippen LogP) is 4.77. The Kier molecular flexibility index (Phi) is 3.46. The van der Waals surface area contributed by atoms with Gasteiger partial charge < -0.3 is 18.4 Å². The van der Waals surface area contributed by atoms with Gasteiger partial charge in [0, 0.05) is 17.7 Å². The average molecular weight is 321 g/mol. The summed E-state index contributed by atoms with van der Waals surface area (Å²) in [6.45, 7) is 0. The van der Waals surface area contributed by atoms with Crippen LogP contribution in [0.25, 0.3) is 33.6 Å². The van der Waals surface area contributed by atoms with Crippen molar-refractivity contribution in [3.05, 3.63) is 54.8 Å². The molecule has 5 heteroatoms. The Bertz CT molecular complexity index is 985. The number of hydrogen-bond donors (Lipinski definition) is 0. The van der Waals surface area contributed by atoms with Gasteiger partial charge in [-0.2, -0.15) is 0 Å². The van der Waals surface area contributed by atoms with Gasteiger partial charge in [-0.3, -0.25) is 0 Å². The van der Waals surface area contributed by atoms with Gasteiger partial charge >= 0.3 is 0 Å². The van der Waals surface area contributed by atoms with Crippen LogP contribution in [0.5, 0.6) is 11.5 Å². The molecule has 5 nitrogen and oxygen atoms in total. The lowest BCUT2D eigenvalue weighted by molar-refractivity contribution is 0.389. The molecule has 0 saturated carbocycles. The normalized spacial score (nSPS) is 10.9. The first-order chi connectivity index (χ1) is 11.8. The lowest BCUT2D eigenvalue weighted by Gasteiger charge is -2.11. The van der Waals surface area contributed by atoms with E-state index in [2.05, 4.69) is 5.16 Å². The van der Waals surface area contributed by atoms with Crippen molar-refractivity contribution in [2.45, 2.75) is 0 Å². The molecule has 0 aliphatic heterocycles. The van der Waals surface area contributed by atoms with Gasteiger partial charge in [0.2, 0.25) is 0 Å². The average Bonchev–Trinajstić information content (AvgIpc) is 3.29. The maximum Gasteiger partial charge on any atom is 0.175 e. The smallest absolute Gasteiger partial charge is 0.175 e. The predicted molar refractivity (Wildman–Crippen MR) is 90.3 cm³/mol. The van der Waals surface area contributed by atoms with Gasteiger partial charge in [-0.1, -0.05) is 35.5 Å². The highest BCUT2D eigenvalue weighted by molar-refractivity contribution is 5.95. The second-order valence-electron chi connectivity index (χ2n) is 5.26.